The van der Waals surface area contributed by atoms with Crippen LogP contribution in [0.1, 0.15) is 24.0 Å². The molecule has 0 aliphatic carbocycles. The van der Waals surface area contributed by atoms with E-state index in [1.54, 1.807) is 12.1 Å². The minimum atomic E-state index is -4.39. The van der Waals surface area contributed by atoms with Gasteiger partial charge in [0, 0.05) is 41.1 Å². The van der Waals surface area contributed by atoms with Crippen LogP contribution >= 0.6 is 35.0 Å². The van der Waals surface area contributed by atoms with Crippen molar-refractivity contribution in [1.82, 2.24) is 10.3 Å². The van der Waals surface area contributed by atoms with E-state index in [0.717, 1.165) is 17.8 Å². The van der Waals surface area contributed by atoms with Crippen LogP contribution in [0, 0.1) is 0 Å². The number of hydrogen-bond acceptors (Lipinski definition) is 4. The van der Waals surface area contributed by atoms with Gasteiger partial charge in [0.1, 0.15) is 5.82 Å². The van der Waals surface area contributed by atoms with Gasteiger partial charge in [0.25, 0.3) is 0 Å². The summed E-state index contributed by atoms with van der Waals surface area (Å²) in [5.74, 6) is 1.40. The highest BCUT2D eigenvalue weighted by molar-refractivity contribution is 7.99. The number of aromatic nitrogens is 1. The largest absolute Gasteiger partial charge is 0.417 e. The van der Waals surface area contributed by atoms with Crippen molar-refractivity contribution in [2.75, 3.05) is 23.7 Å². The zero-order chi connectivity index (χ0) is 21.7. The van der Waals surface area contributed by atoms with Gasteiger partial charge in [-0.05, 0) is 42.7 Å². The van der Waals surface area contributed by atoms with E-state index in [0.29, 0.717) is 53.3 Å². The molecule has 2 aromatic rings. The molecule has 162 valence electrons. The first kappa shape index (κ1) is 23.0. The Hall–Kier alpha value is -1.64. The third-order valence-corrected chi connectivity index (χ3v) is 6.33. The minimum Gasteiger partial charge on any atom is -0.356 e. The van der Waals surface area contributed by atoms with Crippen LogP contribution in [0.3, 0.4) is 0 Å². The van der Waals surface area contributed by atoms with Gasteiger partial charge in [0.2, 0.25) is 5.91 Å². The normalized spacial score (nSPS) is 15.3. The molecule has 1 amide bonds. The Balaban J connectivity index is 1.40. The average molecular weight is 478 g/mol. The van der Waals surface area contributed by atoms with Crippen LogP contribution < -0.4 is 10.2 Å². The van der Waals surface area contributed by atoms with Crippen LogP contribution in [0.25, 0.3) is 0 Å². The molecule has 0 unspecified atom stereocenters. The van der Waals surface area contributed by atoms with Gasteiger partial charge >= 0.3 is 6.18 Å². The summed E-state index contributed by atoms with van der Waals surface area (Å²) >= 11 is 13.5. The molecule has 0 spiro atoms. The molecule has 1 aromatic carbocycles. The molecule has 0 radical (unpaired) electrons. The van der Waals surface area contributed by atoms with Crippen LogP contribution in [0.2, 0.25) is 10.0 Å². The number of piperidine rings is 1. The summed E-state index contributed by atoms with van der Waals surface area (Å²) in [5, 5.41) is 4.18. The lowest BCUT2D eigenvalue weighted by Crippen LogP contribution is -2.45. The standard InChI is InChI=1S/C20H20Cl2F3N3OS/c21-15-3-1-13(17(22)9-15)11-30-12-19(29)27-16-5-7-28(8-6-16)18-4-2-14(10-26-18)20(23,24)25/h1-4,9-10,16H,5-8,11-12H2,(H,27,29). The quantitative estimate of drug-likeness (QED) is 0.602. The van der Waals surface area contributed by atoms with Gasteiger partial charge in [-0.2, -0.15) is 13.2 Å². The summed E-state index contributed by atoms with van der Waals surface area (Å²) in [6, 6.07) is 7.77. The summed E-state index contributed by atoms with van der Waals surface area (Å²) in [4.78, 5) is 18.1. The first-order valence-electron chi connectivity index (χ1n) is 9.31. The predicted octanol–water partition coefficient (Wildman–Crippen LogP) is 5.43. The van der Waals surface area contributed by atoms with Gasteiger partial charge in [-0.15, -0.1) is 11.8 Å². The minimum absolute atomic E-state index is 0.0444. The number of pyridine rings is 1. The molecular weight excluding hydrogens is 458 g/mol. The lowest BCUT2D eigenvalue weighted by Gasteiger charge is -2.33. The summed E-state index contributed by atoms with van der Waals surface area (Å²) in [7, 11) is 0. The maximum atomic E-state index is 12.6. The molecule has 0 bridgehead atoms. The molecule has 1 aliphatic heterocycles. The Morgan fingerprint density at radius 2 is 1.93 bits per heavy atom. The zero-order valence-electron chi connectivity index (χ0n) is 15.9. The smallest absolute Gasteiger partial charge is 0.356 e. The first-order valence-corrected chi connectivity index (χ1v) is 11.2. The molecule has 3 rings (SSSR count). The van der Waals surface area contributed by atoms with Crippen molar-refractivity contribution < 1.29 is 18.0 Å². The van der Waals surface area contributed by atoms with Crippen molar-refractivity contribution in [3.63, 3.8) is 0 Å². The molecule has 0 atom stereocenters. The summed E-state index contributed by atoms with van der Waals surface area (Å²) in [6.07, 6.45) is -2.11. The van der Waals surface area contributed by atoms with Gasteiger partial charge in [0.15, 0.2) is 0 Å². The van der Waals surface area contributed by atoms with Gasteiger partial charge in [-0.1, -0.05) is 29.3 Å². The molecule has 10 heteroatoms. The third-order valence-electron chi connectivity index (χ3n) is 4.77. The highest BCUT2D eigenvalue weighted by atomic mass is 35.5. The topological polar surface area (TPSA) is 45.2 Å². The fourth-order valence-corrected chi connectivity index (χ4v) is 4.55. The highest BCUT2D eigenvalue weighted by Crippen LogP contribution is 2.30. The molecule has 1 saturated heterocycles. The Labute approximate surface area is 187 Å². The fraction of sp³-hybridized carbons (Fsp3) is 0.400. The van der Waals surface area contributed by atoms with Gasteiger partial charge in [-0.25, -0.2) is 4.98 Å². The summed E-state index contributed by atoms with van der Waals surface area (Å²) in [6.45, 7) is 1.24. The molecule has 1 aromatic heterocycles. The number of halogens is 5. The van der Waals surface area contributed by atoms with E-state index in [2.05, 4.69) is 10.3 Å². The Morgan fingerprint density at radius 1 is 1.20 bits per heavy atom. The van der Waals surface area contributed by atoms with Crippen molar-refractivity contribution in [3.8, 4) is 0 Å². The van der Waals surface area contributed by atoms with Crippen LogP contribution in [-0.4, -0.2) is 35.8 Å². The number of benzene rings is 1. The molecular formula is C20H20Cl2F3N3OS. The lowest BCUT2D eigenvalue weighted by molar-refractivity contribution is -0.137. The van der Waals surface area contributed by atoms with E-state index in [4.69, 9.17) is 23.2 Å². The maximum absolute atomic E-state index is 12.6. The third kappa shape index (κ3) is 6.43. The second-order valence-corrected chi connectivity index (χ2v) is 8.79. The number of nitrogens with zero attached hydrogens (tertiary/aromatic N) is 2. The summed E-state index contributed by atoms with van der Waals surface area (Å²) in [5.41, 5.74) is 0.169. The molecule has 1 N–H and O–H groups in total. The molecule has 2 heterocycles. The predicted molar refractivity (Wildman–Crippen MR) is 115 cm³/mol. The first-order chi connectivity index (χ1) is 14.2. The van der Waals surface area contributed by atoms with Crippen LogP contribution in [-0.2, 0) is 16.7 Å². The summed E-state index contributed by atoms with van der Waals surface area (Å²) < 4.78 is 37.9. The molecule has 0 saturated carbocycles. The highest BCUT2D eigenvalue weighted by Gasteiger charge is 2.31. The van der Waals surface area contributed by atoms with Crippen LogP contribution in [0.5, 0.6) is 0 Å². The lowest BCUT2D eigenvalue weighted by atomic mass is 10.0. The van der Waals surface area contributed by atoms with Crippen molar-refractivity contribution in [2.45, 2.75) is 30.8 Å². The molecule has 1 aliphatic rings. The van der Waals surface area contributed by atoms with Gasteiger partial charge in [0.05, 0.1) is 11.3 Å². The Bertz CT molecular complexity index is 873. The fourth-order valence-electron chi connectivity index (χ4n) is 3.16. The number of rotatable bonds is 6. The number of carbonyl (C=O) groups excluding carboxylic acids is 1. The van der Waals surface area contributed by atoms with E-state index in [1.807, 2.05) is 11.0 Å². The van der Waals surface area contributed by atoms with E-state index in [1.165, 1.54) is 17.8 Å². The second kappa shape index (κ2) is 10.1. The molecule has 4 nitrogen and oxygen atoms in total. The zero-order valence-corrected chi connectivity index (χ0v) is 18.2. The Morgan fingerprint density at radius 3 is 2.53 bits per heavy atom. The molecule has 30 heavy (non-hydrogen) atoms. The van der Waals surface area contributed by atoms with Gasteiger partial charge < -0.3 is 10.2 Å². The van der Waals surface area contributed by atoms with E-state index in [-0.39, 0.29) is 11.9 Å². The number of nitrogens with one attached hydrogen (secondary N) is 1. The van der Waals surface area contributed by atoms with Crippen molar-refractivity contribution in [2.24, 2.45) is 0 Å². The van der Waals surface area contributed by atoms with E-state index in [9.17, 15) is 18.0 Å². The van der Waals surface area contributed by atoms with Crippen molar-refractivity contribution in [3.05, 3.63) is 57.7 Å². The average Bonchev–Trinajstić information content (AvgIpc) is 2.70. The van der Waals surface area contributed by atoms with Crippen LogP contribution in [0.15, 0.2) is 36.5 Å². The number of hydrogen-bond donors (Lipinski definition) is 1. The molecule has 1 fully saturated rings. The van der Waals surface area contributed by atoms with Crippen LogP contribution in [0.4, 0.5) is 19.0 Å². The number of amides is 1. The SMILES string of the molecule is O=C(CSCc1ccc(Cl)cc1Cl)NC1CCN(c2ccc(C(F)(F)F)cn2)CC1. The number of alkyl halides is 3. The number of anilines is 1. The number of carbonyl (C=O) groups is 1. The van der Waals surface area contributed by atoms with Crippen molar-refractivity contribution in [1.29, 1.82) is 0 Å². The van der Waals surface area contributed by atoms with Gasteiger partial charge in [-0.3, -0.25) is 4.79 Å². The Kier molecular flexibility index (Phi) is 7.76. The van der Waals surface area contributed by atoms with Crippen molar-refractivity contribution >= 4 is 46.7 Å². The second-order valence-electron chi connectivity index (χ2n) is 6.96. The maximum Gasteiger partial charge on any atom is 0.417 e. The van der Waals surface area contributed by atoms with E-state index >= 15 is 0 Å². The van der Waals surface area contributed by atoms with E-state index < -0.39 is 11.7 Å². The monoisotopic (exact) mass is 477 g/mol. The number of thioether (sulfide) groups is 1.